The van der Waals surface area contributed by atoms with E-state index in [0.29, 0.717) is 4.90 Å². The summed E-state index contributed by atoms with van der Waals surface area (Å²) in [7, 11) is -1.53. The van der Waals surface area contributed by atoms with E-state index >= 15 is 0 Å². The smallest absolute Gasteiger partial charge is 0.240 e. The van der Waals surface area contributed by atoms with Crippen LogP contribution in [0, 0.1) is 0 Å². The van der Waals surface area contributed by atoms with Crippen molar-refractivity contribution in [2.45, 2.75) is 50.6 Å². The van der Waals surface area contributed by atoms with E-state index < -0.39 is 10.0 Å². The summed E-state index contributed by atoms with van der Waals surface area (Å²) in [5, 5.41) is 3.03. The highest BCUT2D eigenvalue weighted by molar-refractivity contribution is 7.89. The van der Waals surface area contributed by atoms with Gasteiger partial charge in [0, 0.05) is 12.6 Å². The summed E-state index contributed by atoms with van der Waals surface area (Å²) in [4.78, 5) is 0.329. The molecule has 0 bridgehead atoms. The fourth-order valence-corrected chi connectivity index (χ4v) is 3.17. The second kappa shape index (κ2) is 7.62. The molecule has 0 amide bonds. The van der Waals surface area contributed by atoms with Crippen molar-refractivity contribution in [3.8, 4) is 0 Å². The molecule has 0 heterocycles. The van der Waals surface area contributed by atoms with Gasteiger partial charge in [0.15, 0.2) is 0 Å². The van der Waals surface area contributed by atoms with Crippen LogP contribution in [0.5, 0.6) is 0 Å². The van der Waals surface area contributed by atoms with E-state index in [-0.39, 0.29) is 6.04 Å². The highest BCUT2D eigenvalue weighted by atomic mass is 32.2. The Balaban J connectivity index is 2.71. The lowest BCUT2D eigenvalue weighted by Crippen LogP contribution is -2.32. The lowest BCUT2D eigenvalue weighted by Gasteiger charge is -2.14. The summed E-state index contributed by atoms with van der Waals surface area (Å²) in [6.45, 7) is 4.74. The van der Waals surface area contributed by atoms with E-state index in [1.807, 2.05) is 26.1 Å². The van der Waals surface area contributed by atoms with Crippen molar-refractivity contribution in [1.29, 1.82) is 0 Å². The SMILES string of the molecule is CCCCC(C)NS(=O)(=O)c1ccc(CNC)cc1. The third-order valence-corrected chi connectivity index (χ3v) is 4.57. The molecule has 0 aliphatic carbocycles. The lowest BCUT2D eigenvalue weighted by atomic mass is 10.2. The van der Waals surface area contributed by atoms with Crippen LogP contribution in [0.15, 0.2) is 29.2 Å². The zero-order chi connectivity index (χ0) is 14.3. The van der Waals surface area contributed by atoms with Crippen molar-refractivity contribution in [2.75, 3.05) is 7.05 Å². The molecule has 0 aromatic heterocycles. The number of hydrogen-bond donors (Lipinski definition) is 2. The van der Waals surface area contributed by atoms with Gasteiger partial charge >= 0.3 is 0 Å². The molecule has 1 aromatic carbocycles. The van der Waals surface area contributed by atoms with Crippen LogP contribution < -0.4 is 10.0 Å². The zero-order valence-electron chi connectivity index (χ0n) is 11.9. The molecule has 1 aromatic rings. The van der Waals surface area contributed by atoms with E-state index in [4.69, 9.17) is 0 Å². The minimum absolute atomic E-state index is 0.0260. The Labute approximate surface area is 116 Å². The zero-order valence-corrected chi connectivity index (χ0v) is 12.8. The van der Waals surface area contributed by atoms with Gasteiger partial charge in [0.05, 0.1) is 4.90 Å². The van der Waals surface area contributed by atoms with Crippen LogP contribution in [0.1, 0.15) is 38.7 Å². The van der Waals surface area contributed by atoms with Gasteiger partial charge in [-0.05, 0) is 38.1 Å². The Hall–Kier alpha value is -0.910. The summed E-state index contributed by atoms with van der Waals surface area (Å²) >= 11 is 0. The first-order valence-corrected chi connectivity index (χ1v) is 8.23. The van der Waals surface area contributed by atoms with Gasteiger partial charge in [-0.1, -0.05) is 31.9 Å². The maximum atomic E-state index is 12.1. The Morgan fingerprint density at radius 2 is 1.84 bits per heavy atom. The van der Waals surface area contributed by atoms with Crippen LogP contribution in [0.4, 0.5) is 0 Å². The molecule has 0 saturated heterocycles. The summed E-state index contributed by atoms with van der Waals surface area (Å²) in [5.41, 5.74) is 1.07. The van der Waals surface area contributed by atoms with Crippen molar-refractivity contribution in [3.05, 3.63) is 29.8 Å². The van der Waals surface area contributed by atoms with Crippen LogP contribution in [0.25, 0.3) is 0 Å². The number of hydrogen-bond acceptors (Lipinski definition) is 3. The molecule has 4 nitrogen and oxygen atoms in total. The molecule has 1 rings (SSSR count). The molecule has 2 N–H and O–H groups in total. The first-order valence-electron chi connectivity index (χ1n) is 6.75. The van der Waals surface area contributed by atoms with Gasteiger partial charge in [-0.25, -0.2) is 13.1 Å². The standard InChI is InChI=1S/C14H24N2O2S/c1-4-5-6-12(2)16-19(17,18)14-9-7-13(8-10-14)11-15-3/h7-10,12,15-16H,4-6,11H2,1-3H3. The van der Waals surface area contributed by atoms with E-state index in [0.717, 1.165) is 31.4 Å². The number of sulfonamides is 1. The van der Waals surface area contributed by atoms with Crippen LogP contribution in [0.2, 0.25) is 0 Å². The van der Waals surface area contributed by atoms with Crippen molar-refractivity contribution in [1.82, 2.24) is 10.0 Å². The lowest BCUT2D eigenvalue weighted by molar-refractivity contribution is 0.534. The third-order valence-electron chi connectivity index (χ3n) is 2.96. The maximum Gasteiger partial charge on any atom is 0.240 e. The van der Waals surface area contributed by atoms with Crippen LogP contribution in [-0.4, -0.2) is 21.5 Å². The molecule has 0 fully saturated rings. The number of rotatable bonds is 8. The second-order valence-corrected chi connectivity index (χ2v) is 6.55. The minimum atomic E-state index is -3.39. The summed E-state index contributed by atoms with van der Waals surface area (Å²) in [6, 6.07) is 6.95. The fourth-order valence-electron chi connectivity index (χ4n) is 1.89. The van der Waals surface area contributed by atoms with Gasteiger partial charge < -0.3 is 5.32 Å². The molecule has 0 saturated carbocycles. The molecule has 19 heavy (non-hydrogen) atoms. The minimum Gasteiger partial charge on any atom is -0.316 e. The predicted molar refractivity (Wildman–Crippen MR) is 78.5 cm³/mol. The quantitative estimate of drug-likeness (QED) is 0.770. The van der Waals surface area contributed by atoms with Crippen molar-refractivity contribution in [3.63, 3.8) is 0 Å². The highest BCUT2D eigenvalue weighted by Crippen LogP contribution is 2.12. The number of nitrogens with one attached hydrogen (secondary N) is 2. The largest absolute Gasteiger partial charge is 0.316 e. The van der Waals surface area contributed by atoms with E-state index in [1.54, 1.807) is 12.1 Å². The average Bonchev–Trinajstić information content (AvgIpc) is 2.37. The van der Waals surface area contributed by atoms with Crippen LogP contribution in [0.3, 0.4) is 0 Å². The molecule has 0 aliphatic rings. The Bertz CT molecular complexity index is 469. The molecular weight excluding hydrogens is 260 g/mol. The average molecular weight is 284 g/mol. The second-order valence-electron chi connectivity index (χ2n) is 4.84. The van der Waals surface area contributed by atoms with Gasteiger partial charge in [-0.15, -0.1) is 0 Å². The highest BCUT2D eigenvalue weighted by Gasteiger charge is 2.16. The Morgan fingerprint density at radius 1 is 1.21 bits per heavy atom. The molecule has 0 radical (unpaired) electrons. The first-order chi connectivity index (χ1) is 8.99. The van der Waals surface area contributed by atoms with Gasteiger partial charge in [-0.3, -0.25) is 0 Å². The van der Waals surface area contributed by atoms with E-state index in [1.165, 1.54) is 0 Å². The monoisotopic (exact) mass is 284 g/mol. The van der Waals surface area contributed by atoms with Crippen molar-refractivity contribution < 1.29 is 8.42 Å². The molecule has 1 atom stereocenters. The van der Waals surface area contributed by atoms with Gasteiger partial charge in [-0.2, -0.15) is 0 Å². The molecule has 1 unspecified atom stereocenters. The first kappa shape index (κ1) is 16.1. The van der Waals surface area contributed by atoms with E-state index in [9.17, 15) is 8.42 Å². The molecule has 108 valence electrons. The van der Waals surface area contributed by atoms with Crippen LogP contribution in [-0.2, 0) is 16.6 Å². The Morgan fingerprint density at radius 3 is 2.37 bits per heavy atom. The van der Waals surface area contributed by atoms with Gasteiger partial charge in [0.25, 0.3) is 0 Å². The molecule has 0 spiro atoms. The van der Waals surface area contributed by atoms with Crippen molar-refractivity contribution in [2.24, 2.45) is 0 Å². The van der Waals surface area contributed by atoms with E-state index in [2.05, 4.69) is 17.0 Å². The predicted octanol–water partition coefficient (Wildman–Crippen LogP) is 2.26. The van der Waals surface area contributed by atoms with Crippen molar-refractivity contribution >= 4 is 10.0 Å². The molecule has 5 heteroatoms. The third kappa shape index (κ3) is 5.30. The fraction of sp³-hybridized carbons (Fsp3) is 0.571. The number of unbranched alkanes of at least 4 members (excludes halogenated alkanes) is 1. The normalized spacial score (nSPS) is 13.4. The maximum absolute atomic E-state index is 12.1. The van der Waals surface area contributed by atoms with Gasteiger partial charge in [0.1, 0.15) is 0 Å². The molecule has 0 aliphatic heterocycles. The summed E-state index contributed by atoms with van der Waals surface area (Å²) in [6.07, 6.45) is 2.98. The Kier molecular flexibility index (Phi) is 6.48. The topological polar surface area (TPSA) is 58.2 Å². The molecular formula is C14H24N2O2S. The summed E-state index contributed by atoms with van der Waals surface area (Å²) in [5.74, 6) is 0. The van der Waals surface area contributed by atoms with Crippen LogP contribution >= 0.6 is 0 Å². The summed E-state index contributed by atoms with van der Waals surface area (Å²) < 4.78 is 27.0. The number of benzene rings is 1. The van der Waals surface area contributed by atoms with Gasteiger partial charge in [0.2, 0.25) is 10.0 Å².